The van der Waals surface area contributed by atoms with Crippen LogP contribution in [0.5, 0.6) is 0 Å². The first-order valence-electron chi connectivity index (χ1n) is 9.43. The Morgan fingerprint density at radius 1 is 0.897 bits per heavy atom. The molecule has 0 radical (unpaired) electrons. The summed E-state index contributed by atoms with van der Waals surface area (Å²) in [7, 11) is 1.28. The summed E-state index contributed by atoms with van der Waals surface area (Å²) in [5.74, 6) is -1.07. The molecule has 1 aliphatic carbocycles. The summed E-state index contributed by atoms with van der Waals surface area (Å²) in [6.45, 7) is 0. The van der Waals surface area contributed by atoms with Crippen LogP contribution in [0.15, 0.2) is 78.9 Å². The van der Waals surface area contributed by atoms with E-state index in [1.54, 1.807) is 0 Å². The normalized spacial score (nSPS) is 13.3. The van der Waals surface area contributed by atoms with Crippen LogP contribution in [0, 0.1) is 0 Å². The van der Waals surface area contributed by atoms with Crippen molar-refractivity contribution in [1.29, 1.82) is 0 Å². The average molecular weight is 387 g/mol. The van der Waals surface area contributed by atoms with Gasteiger partial charge in [-0.1, -0.05) is 78.9 Å². The van der Waals surface area contributed by atoms with Gasteiger partial charge in [0.2, 0.25) is 0 Å². The monoisotopic (exact) mass is 387 g/mol. The van der Waals surface area contributed by atoms with Crippen molar-refractivity contribution >= 4 is 12.1 Å². The molecule has 1 atom stereocenters. The number of carbonyl (C=O) groups excluding carboxylic acids is 1. The predicted molar refractivity (Wildman–Crippen MR) is 110 cm³/mol. The Morgan fingerprint density at radius 3 is 1.93 bits per heavy atom. The van der Waals surface area contributed by atoms with Gasteiger partial charge in [-0.3, -0.25) is 4.90 Å². The van der Waals surface area contributed by atoms with Crippen LogP contribution in [0.2, 0.25) is 0 Å². The second kappa shape index (κ2) is 7.80. The number of carbonyl (C=O) groups is 2. The average Bonchev–Trinajstić information content (AvgIpc) is 3.08. The van der Waals surface area contributed by atoms with Gasteiger partial charge in [0.25, 0.3) is 0 Å². The first-order valence-corrected chi connectivity index (χ1v) is 9.43. The van der Waals surface area contributed by atoms with Crippen molar-refractivity contribution in [2.24, 2.45) is 0 Å². The maximum Gasteiger partial charge on any atom is 0.411 e. The fourth-order valence-electron chi connectivity index (χ4n) is 4.09. The Balaban J connectivity index is 1.85. The fourth-order valence-corrected chi connectivity index (χ4v) is 4.09. The molecule has 0 aliphatic heterocycles. The van der Waals surface area contributed by atoms with E-state index in [2.05, 4.69) is 0 Å². The molecule has 3 aromatic carbocycles. The number of aliphatic carboxylic acids is 1. The molecule has 5 nitrogen and oxygen atoms in total. The van der Waals surface area contributed by atoms with E-state index in [0.717, 1.165) is 27.8 Å². The molecule has 0 spiro atoms. The van der Waals surface area contributed by atoms with Gasteiger partial charge in [0, 0.05) is 6.42 Å². The van der Waals surface area contributed by atoms with E-state index in [0.29, 0.717) is 0 Å². The topological polar surface area (TPSA) is 66.8 Å². The molecule has 4 rings (SSSR count). The number of carboxylic acid groups (broad SMARTS) is 1. The van der Waals surface area contributed by atoms with Crippen LogP contribution in [0.1, 0.15) is 22.7 Å². The smallest absolute Gasteiger partial charge is 0.411 e. The van der Waals surface area contributed by atoms with Gasteiger partial charge in [-0.2, -0.15) is 0 Å². The molecule has 0 aromatic heterocycles. The predicted octanol–water partition coefficient (Wildman–Crippen LogP) is 4.52. The van der Waals surface area contributed by atoms with Crippen LogP contribution in [-0.2, 0) is 16.0 Å². The highest BCUT2D eigenvalue weighted by Gasteiger charge is 2.42. The molecule has 146 valence electrons. The molecule has 0 fully saturated rings. The van der Waals surface area contributed by atoms with Crippen molar-refractivity contribution in [2.75, 3.05) is 7.11 Å². The van der Waals surface area contributed by atoms with Crippen LogP contribution in [0.25, 0.3) is 11.1 Å². The number of rotatable bonds is 5. The Hall–Kier alpha value is -3.60. The Bertz CT molecular complexity index is 1000. The largest absolute Gasteiger partial charge is 0.480 e. The summed E-state index contributed by atoms with van der Waals surface area (Å²) >= 11 is 0. The van der Waals surface area contributed by atoms with E-state index < -0.39 is 24.1 Å². The number of methoxy groups -OCH3 is 1. The van der Waals surface area contributed by atoms with Gasteiger partial charge >= 0.3 is 12.1 Å². The van der Waals surface area contributed by atoms with Gasteiger partial charge < -0.3 is 9.84 Å². The van der Waals surface area contributed by atoms with Crippen LogP contribution < -0.4 is 0 Å². The molecule has 1 N–H and O–H groups in total. The second-order valence-corrected chi connectivity index (χ2v) is 7.00. The lowest BCUT2D eigenvalue weighted by molar-refractivity contribution is -0.143. The molecule has 0 bridgehead atoms. The van der Waals surface area contributed by atoms with Gasteiger partial charge in [0.05, 0.1) is 13.2 Å². The van der Waals surface area contributed by atoms with Crippen molar-refractivity contribution in [3.63, 3.8) is 0 Å². The number of carboxylic acids is 1. The molecular weight excluding hydrogens is 366 g/mol. The number of ether oxygens (including phenoxy) is 1. The summed E-state index contributed by atoms with van der Waals surface area (Å²) in [6, 6.07) is 23.3. The third-order valence-electron chi connectivity index (χ3n) is 5.36. The minimum atomic E-state index is -1.07. The molecule has 0 saturated carbocycles. The number of benzene rings is 3. The molecule has 5 heteroatoms. The van der Waals surface area contributed by atoms with Crippen molar-refractivity contribution in [3.8, 4) is 11.1 Å². The second-order valence-electron chi connectivity index (χ2n) is 7.00. The minimum absolute atomic E-state index is 0.187. The van der Waals surface area contributed by atoms with E-state index in [-0.39, 0.29) is 6.42 Å². The number of amides is 1. The molecule has 29 heavy (non-hydrogen) atoms. The van der Waals surface area contributed by atoms with Crippen molar-refractivity contribution in [1.82, 2.24) is 4.90 Å². The fraction of sp³-hybridized carbons (Fsp3) is 0.167. The maximum absolute atomic E-state index is 12.9. The molecule has 3 aromatic rings. The van der Waals surface area contributed by atoms with E-state index >= 15 is 0 Å². The zero-order valence-corrected chi connectivity index (χ0v) is 16.0. The SMILES string of the molecule is COC(=O)N(C1c2ccccc2-c2ccccc21)[C@@H](Cc1ccccc1)C(=O)O. The van der Waals surface area contributed by atoms with Gasteiger partial charge in [0.15, 0.2) is 0 Å². The first-order chi connectivity index (χ1) is 14.1. The first kappa shape index (κ1) is 18.7. The number of nitrogens with zero attached hydrogens (tertiary/aromatic N) is 1. The van der Waals surface area contributed by atoms with Crippen molar-refractivity contribution < 1.29 is 19.4 Å². The van der Waals surface area contributed by atoms with Crippen LogP contribution in [0.4, 0.5) is 4.79 Å². The molecule has 0 heterocycles. The van der Waals surface area contributed by atoms with Gasteiger partial charge in [-0.25, -0.2) is 9.59 Å². The van der Waals surface area contributed by atoms with Crippen LogP contribution in [-0.4, -0.2) is 35.2 Å². The highest BCUT2D eigenvalue weighted by Crippen LogP contribution is 2.47. The number of hydrogen-bond donors (Lipinski definition) is 1. The van der Waals surface area contributed by atoms with E-state index in [4.69, 9.17) is 4.74 Å². The summed E-state index contributed by atoms with van der Waals surface area (Å²) in [6.07, 6.45) is -0.476. The van der Waals surface area contributed by atoms with Crippen LogP contribution in [0.3, 0.4) is 0 Å². The van der Waals surface area contributed by atoms with Gasteiger partial charge in [-0.05, 0) is 27.8 Å². The van der Waals surface area contributed by atoms with Crippen molar-refractivity contribution in [2.45, 2.75) is 18.5 Å². The third kappa shape index (κ3) is 3.36. The summed E-state index contributed by atoms with van der Waals surface area (Å²) in [5.41, 5.74) is 4.65. The molecule has 0 unspecified atom stereocenters. The lowest BCUT2D eigenvalue weighted by Crippen LogP contribution is -2.48. The minimum Gasteiger partial charge on any atom is -0.480 e. The number of hydrogen-bond acceptors (Lipinski definition) is 3. The zero-order chi connectivity index (χ0) is 20.4. The maximum atomic E-state index is 12.9. The lowest BCUT2D eigenvalue weighted by atomic mass is 9.98. The zero-order valence-electron chi connectivity index (χ0n) is 16.0. The van der Waals surface area contributed by atoms with Crippen molar-refractivity contribution in [3.05, 3.63) is 95.6 Å². The highest BCUT2D eigenvalue weighted by atomic mass is 16.5. The Morgan fingerprint density at radius 2 is 1.41 bits per heavy atom. The summed E-state index contributed by atoms with van der Waals surface area (Å²) in [5, 5.41) is 10.1. The standard InChI is InChI=1S/C24H21NO4/c1-29-24(28)25(21(23(26)27)15-16-9-3-2-4-10-16)22-19-13-7-5-11-17(19)18-12-6-8-14-20(18)22/h2-14,21-22H,15H2,1H3,(H,26,27)/t21-/m0/s1. The summed E-state index contributed by atoms with van der Waals surface area (Å²) < 4.78 is 5.05. The highest BCUT2D eigenvalue weighted by molar-refractivity contribution is 5.85. The third-order valence-corrected chi connectivity index (χ3v) is 5.36. The Labute approximate surface area is 169 Å². The molecular formula is C24H21NO4. The number of fused-ring (bicyclic) bond motifs is 3. The molecule has 1 aliphatic rings. The molecule has 0 saturated heterocycles. The van der Waals surface area contributed by atoms with Crippen LogP contribution >= 0.6 is 0 Å². The molecule has 1 amide bonds. The van der Waals surface area contributed by atoms with Gasteiger partial charge in [0.1, 0.15) is 6.04 Å². The summed E-state index contributed by atoms with van der Waals surface area (Å²) in [4.78, 5) is 26.6. The van der Waals surface area contributed by atoms with Gasteiger partial charge in [-0.15, -0.1) is 0 Å². The Kier molecular flexibility index (Phi) is 5.04. The van der Waals surface area contributed by atoms with E-state index in [1.165, 1.54) is 12.0 Å². The lowest BCUT2D eigenvalue weighted by Gasteiger charge is -2.34. The van der Waals surface area contributed by atoms with E-state index in [1.807, 2.05) is 78.9 Å². The van der Waals surface area contributed by atoms with E-state index in [9.17, 15) is 14.7 Å². The quantitative estimate of drug-likeness (QED) is 0.699.